The van der Waals surface area contributed by atoms with Crippen LogP contribution in [-0.2, 0) is 4.57 Å². The highest BCUT2D eigenvalue weighted by atomic mass is 31.2. The lowest BCUT2D eigenvalue weighted by Crippen LogP contribution is -2.31. The van der Waals surface area contributed by atoms with Crippen LogP contribution in [0.5, 0.6) is 0 Å². The van der Waals surface area contributed by atoms with Gasteiger partial charge in [-0.2, -0.15) is 0 Å². The van der Waals surface area contributed by atoms with Gasteiger partial charge in [-0.05, 0) is 38.0 Å². The second kappa shape index (κ2) is 2.09. The molecular formula is C7H15N2OP. The Kier molecular flexibility index (Phi) is 1.48. The molecule has 2 saturated carbocycles. The van der Waals surface area contributed by atoms with Crippen LogP contribution in [0.4, 0.5) is 0 Å². The maximum Gasteiger partial charge on any atom is 0.212 e. The van der Waals surface area contributed by atoms with Gasteiger partial charge in [0.25, 0.3) is 0 Å². The van der Waals surface area contributed by atoms with Crippen molar-refractivity contribution in [3.63, 3.8) is 0 Å². The molecule has 0 heterocycles. The van der Waals surface area contributed by atoms with Gasteiger partial charge in [-0.15, -0.1) is 0 Å². The van der Waals surface area contributed by atoms with Gasteiger partial charge in [-0.25, -0.2) is 0 Å². The van der Waals surface area contributed by atoms with Crippen LogP contribution in [0.1, 0.15) is 32.1 Å². The fourth-order valence-electron chi connectivity index (χ4n) is 2.65. The normalized spacial score (nSPS) is 43.3. The zero-order valence-corrected chi connectivity index (χ0v) is 7.52. The summed E-state index contributed by atoms with van der Waals surface area (Å²) in [6, 6.07) is 0. The average molecular weight is 174 g/mol. The van der Waals surface area contributed by atoms with Crippen LogP contribution in [0.25, 0.3) is 0 Å². The first-order chi connectivity index (χ1) is 5.04. The maximum absolute atomic E-state index is 11.6. The first kappa shape index (κ1) is 7.78. The lowest BCUT2D eigenvalue weighted by atomic mass is 10.0. The van der Waals surface area contributed by atoms with E-state index < -0.39 is 7.44 Å². The summed E-state index contributed by atoms with van der Waals surface area (Å²) in [5.74, 6) is 0.774. The third kappa shape index (κ3) is 0.986. The van der Waals surface area contributed by atoms with E-state index in [1.165, 1.54) is 12.8 Å². The maximum atomic E-state index is 11.6. The summed E-state index contributed by atoms with van der Waals surface area (Å²) in [7, 11) is -2.80. The second-order valence-electron chi connectivity index (χ2n) is 4.08. The Morgan fingerprint density at radius 1 is 1.27 bits per heavy atom. The highest BCUT2D eigenvalue weighted by Gasteiger charge is 2.53. The molecule has 2 aliphatic rings. The minimum absolute atomic E-state index is 0.141. The molecule has 64 valence electrons. The van der Waals surface area contributed by atoms with E-state index in [0.717, 1.165) is 25.2 Å². The summed E-state index contributed by atoms with van der Waals surface area (Å²) in [5.41, 5.74) is 11.1. The van der Waals surface area contributed by atoms with Gasteiger partial charge >= 0.3 is 0 Å². The zero-order chi connectivity index (χ0) is 8.11. The molecule has 2 rings (SSSR count). The van der Waals surface area contributed by atoms with Gasteiger partial charge in [0.1, 0.15) is 0 Å². The van der Waals surface area contributed by atoms with Gasteiger partial charge in [-0.3, -0.25) is 15.6 Å². The molecule has 0 aromatic heterocycles. The monoisotopic (exact) mass is 174 g/mol. The molecule has 4 N–H and O–H groups in total. The lowest BCUT2D eigenvalue weighted by molar-refractivity contribution is 0.474. The van der Waals surface area contributed by atoms with Crippen molar-refractivity contribution in [3.05, 3.63) is 0 Å². The Labute approximate surface area is 67.0 Å². The summed E-state index contributed by atoms with van der Waals surface area (Å²) in [6.45, 7) is 0. The van der Waals surface area contributed by atoms with Crippen molar-refractivity contribution in [1.82, 2.24) is 0 Å². The van der Waals surface area contributed by atoms with Gasteiger partial charge in [0, 0.05) is 5.16 Å². The van der Waals surface area contributed by atoms with Crippen molar-refractivity contribution in [2.24, 2.45) is 16.9 Å². The predicted octanol–water partition coefficient (Wildman–Crippen LogP) is 1.43. The number of rotatable bonds is 1. The molecule has 11 heavy (non-hydrogen) atoms. The Morgan fingerprint density at radius 2 is 1.82 bits per heavy atom. The molecular weight excluding hydrogens is 159 g/mol. The quantitative estimate of drug-likeness (QED) is 0.591. The van der Waals surface area contributed by atoms with E-state index in [1.807, 2.05) is 0 Å². The Balaban J connectivity index is 2.30. The molecule has 0 radical (unpaired) electrons. The van der Waals surface area contributed by atoms with Crippen molar-refractivity contribution in [2.75, 3.05) is 0 Å². The fourth-order valence-corrected chi connectivity index (χ4v) is 4.15. The number of hydrogen-bond donors (Lipinski definition) is 2. The summed E-state index contributed by atoms with van der Waals surface area (Å²) in [6.07, 6.45) is 5.41. The standard InChI is InChI=1S/C7H15N2OP/c8-11(9,10)7-3-1-6(5-7)2-4-7/h6H,1-5H2,(H4,8,9,10). The van der Waals surface area contributed by atoms with Crippen LogP contribution in [0.2, 0.25) is 0 Å². The van der Waals surface area contributed by atoms with Crippen molar-refractivity contribution in [1.29, 1.82) is 0 Å². The minimum Gasteiger partial charge on any atom is -0.289 e. The first-order valence-electron chi connectivity index (χ1n) is 4.21. The summed E-state index contributed by atoms with van der Waals surface area (Å²) < 4.78 is 11.6. The van der Waals surface area contributed by atoms with Crippen LogP contribution in [0.15, 0.2) is 0 Å². The molecule has 0 aliphatic heterocycles. The average Bonchev–Trinajstić information content (AvgIpc) is 2.42. The van der Waals surface area contributed by atoms with Crippen molar-refractivity contribution >= 4 is 7.44 Å². The van der Waals surface area contributed by atoms with Crippen LogP contribution in [-0.4, -0.2) is 5.16 Å². The van der Waals surface area contributed by atoms with Crippen molar-refractivity contribution in [3.8, 4) is 0 Å². The Hall–Kier alpha value is 0.150. The molecule has 3 nitrogen and oxygen atoms in total. The Bertz CT molecular complexity index is 214. The number of fused-ring (bicyclic) bond motifs is 2. The SMILES string of the molecule is NP(N)(=O)C12CCC(CC1)C2. The molecule has 4 heteroatoms. The van der Waals surface area contributed by atoms with Crippen LogP contribution in [0, 0.1) is 5.92 Å². The van der Waals surface area contributed by atoms with Crippen LogP contribution >= 0.6 is 7.44 Å². The number of hydrogen-bond acceptors (Lipinski definition) is 1. The molecule has 0 spiro atoms. The largest absolute Gasteiger partial charge is 0.289 e. The predicted molar refractivity (Wildman–Crippen MR) is 45.3 cm³/mol. The van der Waals surface area contributed by atoms with E-state index in [1.54, 1.807) is 0 Å². The van der Waals surface area contributed by atoms with E-state index in [2.05, 4.69) is 0 Å². The fraction of sp³-hybridized carbons (Fsp3) is 1.00. The van der Waals surface area contributed by atoms with E-state index in [-0.39, 0.29) is 5.16 Å². The van der Waals surface area contributed by atoms with Gasteiger partial charge in [-0.1, -0.05) is 0 Å². The van der Waals surface area contributed by atoms with E-state index in [9.17, 15) is 4.57 Å². The summed E-state index contributed by atoms with van der Waals surface area (Å²) in [4.78, 5) is 0. The molecule has 2 fully saturated rings. The van der Waals surface area contributed by atoms with E-state index >= 15 is 0 Å². The topological polar surface area (TPSA) is 69.1 Å². The van der Waals surface area contributed by atoms with Crippen LogP contribution < -0.4 is 11.0 Å². The lowest BCUT2D eigenvalue weighted by Gasteiger charge is -2.29. The molecule has 0 unspecified atom stereocenters. The third-order valence-corrected chi connectivity index (χ3v) is 5.56. The Morgan fingerprint density at radius 3 is 2.00 bits per heavy atom. The first-order valence-corrected chi connectivity index (χ1v) is 6.05. The zero-order valence-electron chi connectivity index (χ0n) is 6.62. The summed E-state index contributed by atoms with van der Waals surface area (Å²) >= 11 is 0. The smallest absolute Gasteiger partial charge is 0.212 e. The molecule has 0 aromatic rings. The van der Waals surface area contributed by atoms with Gasteiger partial charge < -0.3 is 0 Å². The van der Waals surface area contributed by atoms with Crippen molar-refractivity contribution in [2.45, 2.75) is 37.3 Å². The van der Waals surface area contributed by atoms with Crippen molar-refractivity contribution < 1.29 is 4.57 Å². The van der Waals surface area contributed by atoms with Crippen LogP contribution in [0.3, 0.4) is 0 Å². The van der Waals surface area contributed by atoms with Gasteiger partial charge in [0.05, 0.1) is 0 Å². The number of nitrogens with two attached hydrogens (primary N) is 2. The molecule has 0 aromatic carbocycles. The summed E-state index contributed by atoms with van der Waals surface area (Å²) in [5, 5.41) is -0.141. The second-order valence-corrected chi connectivity index (χ2v) is 6.45. The van der Waals surface area contributed by atoms with E-state index in [0.29, 0.717) is 0 Å². The molecule has 0 saturated heterocycles. The molecule has 0 amide bonds. The molecule has 2 bridgehead atoms. The van der Waals surface area contributed by atoms with E-state index in [4.69, 9.17) is 11.0 Å². The van der Waals surface area contributed by atoms with Gasteiger partial charge in [0.2, 0.25) is 7.44 Å². The minimum atomic E-state index is -2.80. The highest BCUT2D eigenvalue weighted by Crippen LogP contribution is 2.63. The van der Waals surface area contributed by atoms with Gasteiger partial charge in [0.15, 0.2) is 0 Å². The third-order valence-electron chi connectivity index (χ3n) is 3.45. The molecule has 2 aliphatic carbocycles. The highest BCUT2D eigenvalue weighted by molar-refractivity contribution is 7.60. The molecule has 0 atom stereocenters.